The second-order valence-electron chi connectivity index (χ2n) is 6.69. The normalized spacial score (nSPS) is 10.4. The van der Waals surface area contributed by atoms with Crippen LogP contribution in [0, 0.1) is 5.82 Å². The van der Waals surface area contributed by atoms with Crippen molar-refractivity contribution in [1.82, 2.24) is 15.5 Å². The minimum Gasteiger partial charge on any atom is -0.348 e. The molecule has 3 aromatic carbocycles. The molecule has 4 aromatic rings. The molecule has 0 radical (unpaired) electrons. The Bertz CT molecular complexity index is 1150. The molecule has 2 N–H and O–H groups in total. The van der Waals surface area contributed by atoms with Gasteiger partial charge in [0.25, 0.3) is 5.91 Å². The van der Waals surface area contributed by atoms with E-state index in [1.54, 1.807) is 42.5 Å². The lowest BCUT2D eigenvalue weighted by Gasteiger charge is -2.09. The summed E-state index contributed by atoms with van der Waals surface area (Å²) < 4.78 is 13.4. The minimum atomic E-state index is -0.321. The number of carbonyl (C=O) groups excluding carboxylic acids is 1. The van der Waals surface area contributed by atoms with Gasteiger partial charge in [0.05, 0.1) is 5.69 Å². The number of carbonyl (C=O) groups is 1. The summed E-state index contributed by atoms with van der Waals surface area (Å²) >= 11 is 0. The van der Waals surface area contributed by atoms with Crippen LogP contribution in [0.5, 0.6) is 0 Å². The maximum absolute atomic E-state index is 13.4. The van der Waals surface area contributed by atoms with Gasteiger partial charge in [0.1, 0.15) is 5.82 Å². The van der Waals surface area contributed by atoms with E-state index in [2.05, 4.69) is 20.8 Å². The smallest absolute Gasteiger partial charge is 0.251 e. The maximum Gasteiger partial charge on any atom is 0.251 e. The van der Waals surface area contributed by atoms with E-state index in [0.29, 0.717) is 29.2 Å². The topological polar surface area (TPSA) is 66.9 Å². The van der Waals surface area contributed by atoms with E-state index in [0.717, 1.165) is 11.3 Å². The van der Waals surface area contributed by atoms with Crippen LogP contribution in [0.4, 0.5) is 15.9 Å². The quantitative estimate of drug-likeness (QED) is 0.482. The van der Waals surface area contributed by atoms with Crippen LogP contribution in [-0.2, 0) is 6.54 Å². The molecule has 1 amide bonds. The Kier molecular flexibility index (Phi) is 5.75. The SMILES string of the molecule is O=C(NCc1ccccc1)c1cccc(Nc2ccc(-c3cccc(F)c3)nn2)c1. The zero-order chi connectivity index (χ0) is 20.8. The van der Waals surface area contributed by atoms with Gasteiger partial charge in [-0.25, -0.2) is 4.39 Å². The average molecular weight is 398 g/mol. The van der Waals surface area contributed by atoms with Crippen LogP contribution in [0.2, 0.25) is 0 Å². The van der Waals surface area contributed by atoms with Crippen LogP contribution in [0.15, 0.2) is 91.0 Å². The van der Waals surface area contributed by atoms with E-state index in [1.165, 1.54) is 12.1 Å². The highest BCUT2D eigenvalue weighted by atomic mass is 19.1. The fraction of sp³-hybridized carbons (Fsp3) is 0.0417. The molecule has 0 bridgehead atoms. The number of benzene rings is 3. The van der Waals surface area contributed by atoms with Crippen molar-refractivity contribution in [3.8, 4) is 11.3 Å². The number of amides is 1. The molecule has 148 valence electrons. The van der Waals surface area contributed by atoms with Crippen molar-refractivity contribution in [2.45, 2.75) is 6.54 Å². The first-order valence-electron chi connectivity index (χ1n) is 9.46. The van der Waals surface area contributed by atoms with Crippen LogP contribution >= 0.6 is 0 Å². The molecule has 0 aliphatic rings. The molecule has 0 unspecified atom stereocenters. The van der Waals surface area contributed by atoms with Crippen LogP contribution in [0.1, 0.15) is 15.9 Å². The Morgan fingerprint density at radius 2 is 1.67 bits per heavy atom. The van der Waals surface area contributed by atoms with E-state index >= 15 is 0 Å². The number of halogens is 1. The summed E-state index contributed by atoms with van der Waals surface area (Å²) in [5.74, 6) is 0.0471. The molecule has 0 aliphatic carbocycles. The molecule has 0 spiro atoms. The van der Waals surface area contributed by atoms with Crippen molar-refractivity contribution in [3.63, 3.8) is 0 Å². The van der Waals surface area contributed by atoms with Gasteiger partial charge in [0, 0.05) is 23.4 Å². The molecule has 6 heteroatoms. The van der Waals surface area contributed by atoms with Crippen LogP contribution < -0.4 is 10.6 Å². The van der Waals surface area contributed by atoms with Gasteiger partial charge < -0.3 is 10.6 Å². The first kappa shape index (κ1) is 19.3. The highest BCUT2D eigenvalue weighted by Gasteiger charge is 2.07. The van der Waals surface area contributed by atoms with Gasteiger partial charge in [0.2, 0.25) is 0 Å². The lowest BCUT2D eigenvalue weighted by atomic mass is 10.1. The highest BCUT2D eigenvalue weighted by molar-refractivity contribution is 5.95. The summed E-state index contributed by atoms with van der Waals surface area (Å²) in [5.41, 5.74) is 3.53. The van der Waals surface area contributed by atoms with Gasteiger partial charge in [-0.2, -0.15) is 0 Å². The Hall–Kier alpha value is -4.06. The van der Waals surface area contributed by atoms with Gasteiger partial charge in [-0.05, 0) is 48.0 Å². The van der Waals surface area contributed by atoms with Gasteiger partial charge in [-0.3, -0.25) is 4.79 Å². The third-order valence-electron chi connectivity index (χ3n) is 4.48. The molecule has 5 nitrogen and oxygen atoms in total. The maximum atomic E-state index is 13.4. The summed E-state index contributed by atoms with van der Waals surface area (Å²) in [6.07, 6.45) is 0. The fourth-order valence-corrected chi connectivity index (χ4v) is 2.97. The molecular weight excluding hydrogens is 379 g/mol. The number of aromatic nitrogens is 2. The van der Waals surface area contributed by atoms with Gasteiger partial charge in [-0.15, -0.1) is 10.2 Å². The molecule has 0 atom stereocenters. The largest absolute Gasteiger partial charge is 0.348 e. The van der Waals surface area contributed by atoms with Crippen molar-refractivity contribution in [2.24, 2.45) is 0 Å². The monoisotopic (exact) mass is 398 g/mol. The van der Waals surface area contributed by atoms with E-state index in [-0.39, 0.29) is 11.7 Å². The Morgan fingerprint density at radius 3 is 2.43 bits per heavy atom. The zero-order valence-corrected chi connectivity index (χ0v) is 16.0. The predicted molar refractivity (Wildman–Crippen MR) is 115 cm³/mol. The van der Waals surface area contributed by atoms with E-state index in [4.69, 9.17) is 0 Å². The molecule has 0 aliphatic heterocycles. The average Bonchev–Trinajstić information content (AvgIpc) is 2.79. The molecule has 1 heterocycles. The standard InChI is InChI=1S/C24H19FN4O/c25-20-10-4-8-18(14-20)22-12-13-23(29-28-22)27-21-11-5-9-19(15-21)24(30)26-16-17-6-2-1-3-7-17/h1-15H,16H2,(H,26,30)(H,27,29). The van der Waals surface area contributed by atoms with Crippen LogP contribution in [0.25, 0.3) is 11.3 Å². The molecule has 1 aromatic heterocycles. The van der Waals surface area contributed by atoms with E-state index in [9.17, 15) is 9.18 Å². The number of nitrogens with one attached hydrogen (secondary N) is 2. The van der Waals surface area contributed by atoms with E-state index in [1.807, 2.05) is 36.4 Å². The van der Waals surface area contributed by atoms with Crippen molar-refractivity contribution in [1.29, 1.82) is 0 Å². The molecule has 4 rings (SSSR count). The Labute approximate surface area is 173 Å². The van der Waals surface area contributed by atoms with Crippen LogP contribution in [0.3, 0.4) is 0 Å². The third kappa shape index (κ3) is 4.86. The molecule has 30 heavy (non-hydrogen) atoms. The zero-order valence-electron chi connectivity index (χ0n) is 16.0. The van der Waals surface area contributed by atoms with Gasteiger partial charge >= 0.3 is 0 Å². The first-order valence-corrected chi connectivity index (χ1v) is 9.46. The summed E-state index contributed by atoms with van der Waals surface area (Å²) in [7, 11) is 0. The summed E-state index contributed by atoms with van der Waals surface area (Å²) in [4.78, 5) is 12.5. The summed E-state index contributed by atoms with van der Waals surface area (Å²) in [5, 5.41) is 14.3. The van der Waals surface area contributed by atoms with Crippen molar-refractivity contribution in [2.75, 3.05) is 5.32 Å². The Balaban J connectivity index is 1.42. The first-order chi connectivity index (χ1) is 14.7. The minimum absolute atomic E-state index is 0.157. The number of rotatable bonds is 6. The summed E-state index contributed by atoms with van der Waals surface area (Å²) in [6.45, 7) is 0.463. The van der Waals surface area contributed by atoms with Crippen molar-refractivity contribution < 1.29 is 9.18 Å². The number of nitrogens with zero attached hydrogens (tertiary/aromatic N) is 2. The van der Waals surface area contributed by atoms with Crippen LogP contribution in [-0.4, -0.2) is 16.1 Å². The second kappa shape index (κ2) is 8.96. The number of hydrogen-bond donors (Lipinski definition) is 2. The number of hydrogen-bond acceptors (Lipinski definition) is 4. The van der Waals surface area contributed by atoms with Gasteiger partial charge in [-0.1, -0.05) is 48.5 Å². The number of anilines is 2. The molecule has 0 saturated heterocycles. The van der Waals surface area contributed by atoms with Crippen molar-refractivity contribution >= 4 is 17.4 Å². The third-order valence-corrected chi connectivity index (χ3v) is 4.48. The lowest BCUT2D eigenvalue weighted by molar-refractivity contribution is 0.0951. The fourth-order valence-electron chi connectivity index (χ4n) is 2.97. The second-order valence-corrected chi connectivity index (χ2v) is 6.69. The summed E-state index contributed by atoms with van der Waals surface area (Å²) in [6, 6.07) is 26.6. The lowest BCUT2D eigenvalue weighted by Crippen LogP contribution is -2.22. The molecule has 0 fully saturated rings. The predicted octanol–water partition coefficient (Wildman–Crippen LogP) is 4.96. The molecule has 0 saturated carbocycles. The Morgan fingerprint density at radius 1 is 0.833 bits per heavy atom. The van der Waals surface area contributed by atoms with Gasteiger partial charge in [0.15, 0.2) is 5.82 Å². The van der Waals surface area contributed by atoms with E-state index < -0.39 is 0 Å². The molecular formula is C24H19FN4O. The highest BCUT2D eigenvalue weighted by Crippen LogP contribution is 2.20. The van der Waals surface area contributed by atoms with Crippen molar-refractivity contribution in [3.05, 3.63) is 108 Å².